The van der Waals surface area contributed by atoms with Crippen molar-refractivity contribution in [1.82, 2.24) is 0 Å². The summed E-state index contributed by atoms with van der Waals surface area (Å²) in [6.07, 6.45) is 0. The molecule has 2 aromatic carbocycles. The number of nitro benzene ring substituents is 1. The van der Waals surface area contributed by atoms with Crippen molar-refractivity contribution in [2.24, 2.45) is 0 Å². The van der Waals surface area contributed by atoms with Crippen molar-refractivity contribution >= 4 is 11.5 Å². The van der Waals surface area contributed by atoms with Gasteiger partial charge < -0.3 is 4.74 Å². The standard InChI is InChI=1S/C16H15NO4/c1-11-3-5-13(6-4-11)16(18)10-21-14-7-8-15(17(19)20)12(2)9-14/h3-9H,10H2,1-2H3. The maximum absolute atomic E-state index is 12.0. The van der Waals surface area contributed by atoms with Crippen LogP contribution in [0.4, 0.5) is 5.69 Å². The molecule has 0 saturated carbocycles. The van der Waals surface area contributed by atoms with Crippen molar-refractivity contribution in [1.29, 1.82) is 0 Å². The highest BCUT2D eigenvalue weighted by Crippen LogP contribution is 2.23. The monoisotopic (exact) mass is 285 g/mol. The molecule has 0 saturated heterocycles. The van der Waals surface area contributed by atoms with E-state index in [0.29, 0.717) is 16.9 Å². The zero-order valence-corrected chi connectivity index (χ0v) is 11.8. The van der Waals surface area contributed by atoms with Crippen LogP contribution in [0.15, 0.2) is 42.5 Å². The van der Waals surface area contributed by atoms with E-state index in [1.165, 1.54) is 12.1 Å². The number of hydrogen-bond acceptors (Lipinski definition) is 4. The number of nitrogens with zero attached hydrogens (tertiary/aromatic N) is 1. The van der Waals surface area contributed by atoms with E-state index in [9.17, 15) is 14.9 Å². The molecule has 0 spiro atoms. The molecule has 0 aliphatic carbocycles. The van der Waals surface area contributed by atoms with E-state index < -0.39 is 4.92 Å². The van der Waals surface area contributed by atoms with Gasteiger partial charge in [0.15, 0.2) is 12.4 Å². The third-order valence-electron chi connectivity index (χ3n) is 3.11. The number of ether oxygens (including phenoxy) is 1. The van der Waals surface area contributed by atoms with Gasteiger partial charge in [0.25, 0.3) is 5.69 Å². The summed E-state index contributed by atoms with van der Waals surface area (Å²) in [6.45, 7) is 3.48. The lowest BCUT2D eigenvalue weighted by Gasteiger charge is -2.07. The second-order valence-electron chi connectivity index (χ2n) is 4.78. The molecule has 0 aliphatic rings. The predicted molar refractivity (Wildman–Crippen MR) is 78.8 cm³/mol. The molecule has 0 fully saturated rings. The van der Waals surface area contributed by atoms with E-state index in [0.717, 1.165) is 5.56 Å². The van der Waals surface area contributed by atoms with Gasteiger partial charge in [-0.2, -0.15) is 0 Å². The van der Waals surface area contributed by atoms with Gasteiger partial charge in [-0.1, -0.05) is 29.8 Å². The summed E-state index contributed by atoms with van der Waals surface area (Å²) in [6, 6.07) is 11.7. The van der Waals surface area contributed by atoms with Crippen LogP contribution in [0, 0.1) is 24.0 Å². The highest BCUT2D eigenvalue weighted by Gasteiger charge is 2.12. The number of aryl methyl sites for hydroxylation is 2. The Balaban J connectivity index is 2.03. The number of carbonyl (C=O) groups is 1. The van der Waals surface area contributed by atoms with Crippen LogP contribution < -0.4 is 4.74 Å². The van der Waals surface area contributed by atoms with E-state index >= 15 is 0 Å². The van der Waals surface area contributed by atoms with Crippen molar-refractivity contribution in [3.63, 3.8) is 0 Å². The van der Waals surface area contributed by atoms with Crippen LogP contribution in [0.1, 0.15) is 21.5 Å². The maximum Gasteiger partial charge on any atom is 0.272 e. The smallest absolute Gasteiger partial charge is 0.272 e. The molecular weight excluding hydrogens is 270 g/mol. The van der Waals surface area contributed by atoms with Crippen molar-refractivity contribution in [3.05, 3.63) is 69.3 Å². The number of Topliss-reactive ketones (excluding diaryl/α,β-unsaturated/α-hetero) is 1. The summed E-state index contributed by atoms with van der Waals surface area (Å²) in [7, 11) is 0. The van der Waals surface area contributed by atoms with Crippen LogP contribution in [0.25, 0.3) is 0 Å². The lowest BCUT2D eigenvalue weighted by Crippen LogP contribution is -2.11. The summed E-state index contributed by atoms with van der Waals surface area (Å²) in [5, 5.41) is 10.7. The third kappa shape index (κ3) is 3.66. The minimum atomic E-state index is -0.448. The Bertz CT molecular complexity index is 677. The Kier molecular flexibility index (Phi) is 4.33. The molecule has 2 rings (SSSR count). The fourth-order valence-corrected chi connectivity index (χ4v) is 1.89. The molecule has 0 atom stereocenters. The number of benzene rings is 2. The van der Waals surface area contributed by atoms with Crippen molar-refractivity contribution in [2.45, 2.75) is 13.8 Å². The van der Waals surface area contributed by atoms with Crippen molar-refractivity contribution in [3.8, 4) is 5.75 Å². The van der Waals surface area contributed by atoms with Gasteiger partial charge in [0.05, 0.1) is 4.92 Å². The van der Waals surface area contributed by atoms with Gasteiger partial charge in [-0.05, 0) is 26.0 Å². The topological polar surface area (TPSA) is 69.4 Å². The average molecular weight is 285 g/mol. The molecule has 0 aromatic heterocycles. The molecule has 108 valence electrons. The first-order valence-corrected chi connectivity index (χ1v) is 6.45. The lowest BCUT2D eigenvalue weighted by atomic mass is 10.1. The number of hydrogen-bond donors (Lipinski definition) is 0. The number of nitro groups is 1. The summed E-state index contributed by atoms with van der Waals surface area (Å²) >= 11 is 0. The molecule has 5 heteroatoms. The second kappa shape index (κ2) is 6.17. The maximum atomic E-state index is 12.0. The molecule has 0 unspecified atom stereocenters. The quantitative estimate of drug-likeness (QED) is 0.479. The first-order valence-electron chi connectivity index (χ1n) is 6.45. The highest BCUT2D eigenvalue weighted by molar-refractivity contribution is 5.97. The molecular formula is C16H15NO4. The molecule has 5 nitrogen and oxygen atoms in total. The minimum Gasteiger partial charge on any atom is -0.485 e. The first-order chi connectivity index (χ1) is 9.97. The Morgan fingerprint density at radius 1 is 1.14 bits per heavy atom. The zero-order valence-electron chi connectivity index (χ0n) is 11.8. The van der Waals surface area contributed by atoms with E-state index in [2.05, 4.69) is 0 Å². The molecule has 0 bridgehead atoms. The first kappa shape index (κ1) is 14.7. The van der Waals surface area contributed by atoms with Gasteiger partial charge in [0, 0.05) is 17.2 Å². The van der Waals surface area contributed by atoms with Crippen LogP contribution in [-0.2, 0) is 0 Å². The largest absolute Gasteiger partial charge is 0.485 e. The summed E-state index contributed by atoms with van der Waals surface area (Å²) in [5.41, 5.74) is 2.20. The fourth-order valence-electron chi connectivity index (χ4n) is 1.89. The lowest BCUT2D eigenvalue weighted by molar-refractivity contribution is -0.385. The summed E-state index contributed by atoms with van der Waals surface area (Å²) < 4.78 is 5.40. The van der Waals surface area contributed by atoms with Gasteiger partial charge in [-0.15, -0.1) is 0 Å². The van der Waals surface area contributed by atoms with Gasteiger partial charge >= 0.3 is 0 Å². The minimum absolute atomic E-state index is 0.0345. The molecule has 21 heavy (non-hydrogen) atoms. The average Bonchev–Trinajstić information content (AvgIpc) is 2.45. The Hall–Kier alpha value is -2.69. The van der Waals surface area contributed by atoms with Crippen LogP contribution in [0.3, 0.4) is 0 Å². The third-order valence-corrected chi connectivity index (χ3v) is 3.11. The van der Waals surface area contributed by atoms with Gasteiger partial charge in [0.2, 0.25) is 0 Å². The highest BCUT2D eigenvalue weighted by atomic mass is 16.6. The molecule has 2 aromatic rings. The predicted octanol–water partition coefficient (Wildman–Crippen LogP) is 3.47. The van der Waals surface area contributed by atoms with Crippen LogP contribution in [-0.4, -0.2) is 17.3 Å². The fraction of sp³-hybridized carbons (Fsp3) is 0.188. The summed E-state index contributed by atoms with van der Waals surface area (Å²) in [4.78, 5) is 22.2. The molecule has 0 N–H and O–H groups in total. The number of ketones is 1. The van der Waals surface area contributed by atoms with Crippen LogP contribution in [0.2, 0.25) is 0 Å². The number of rotatable bonds is 5. The zero-order chi connectivity index (χ0) is 15.4. The Morgan fingerprint density at radius 3 is 2.38 bits per heavy atom. The number of carbonyl (C=O) groups excluding carboxylic acids is 1. The van der Waals surface area contributed by atoms with Gasteiger partial charge in [0.1, 0.15) is 5.75 Å². The van der Waals surface area contributed by atoms with E-state index in [1.807, 2.05) is 19.1 Å². The van der Waals surface area contributed by atoms with E-state index in [4.69, 9.17) is 4.74 Å². The molecule has 0 heterocycles. The second-order valence-corrected chi connectivity index (χ2v) is 4.78. The SMILES string of the molecule is Cc1ccc(C(=O)COc2ccc([N+](=O)[O-])c(C)c2)cc1. The molecule has 0 radical (unpaired) electrons. The Labute approximate surface area is 122 Å². The van der Waals surface area contributed by atoms with Crippen molar-refractivity contribution < 1.29 is 14.5 Å². The molecule has 0 amide bonds. The van der Waals surface area contributed by atoms with Crippen LogP contribution in [0.5, 0.6) is 5.75 Å². The van der Waals surface area contributed by atoms with Gasteiger partial charge in [-0.3, -0.25) is 14.9 Å². The summed E-state index contributed by atoms with van der Waals surface area (Å²) in [5.74, 6) is 0.310. The van der Waals surface area contributed by atoms with E-state index in [1.54, 1.807) is 25.1 Å². The van der Waals surface area contributed by atoms with Gasteiger partial charge in [-0.25, -0.2) is 0 Å². The van der Waals surface area contributed by atoms with E-state index in [-0.39, 0.29) is 18.1 Å². The van der Waals surface area contributed by atoms with Crippen molar-refractivity contribution in [2.75, 3.05) is 6.61 Å². The normalized spacial score (nSPS) is 10.2. The van der Waals surface area contributed by atoms with Crippen LogP contribution >= 0.6 is 0 Å². The molecule has 0 aliphatic heterocycles. The Morgan fingerprint density at radius 2 is 1.81 bits per heavy atom.